The summed E-state index contributed by atoms with van der Waals surface area (Å²) in [6.07, 6.45) is 1.28. The van der Waals surface area contributed by atoms with Crippen LogP contribution in [0, 0.1) is 6.92 Å². The highest BCUT2D eigenvalue weighted by Gasteiger charge is 2.11. The summed E-state index contributed by atoms with van der Waals surface area (Å²) in [5, 5.41) is 25.0. The van der Waals surface area contributed by atoms with E-state index in [0.717, 1.165) is 0 Å². The van der Waals surface area contributed by atoms with Gasteiger partial charge in [0, 0.05) is 6.07 Å². The zero-order valence-corrected chi connectivity index (χ0v) is 8.32. The molecule has 0 aliphatic rings. The largest absolute Gasteiger partial charge is 0.493 e. The second-order valence-electron chi connectivity index (χ2n) is 3.13. The van der Waals surface area contributed by atoms with E-state index in [1.165, 1.54) is 16.9 Å². The molecule has 7 nitrogen and oxygen atoms in total. The summed E-state index contributed by atoms with van der Waals surface area (Å²) in [6, 6.07) is 2.97. The van der Waals surface area contributed by atoms with Crippen molar-refractivity contribution < 1.29 is 15.0 Å². The van der Waals surface area contributed by atoms with Gasteiger partial charge in [0.15, 0.2) is 5.69 Å². The van der Waals surface area contributed by atoms with Gasteiger partial charge in [-0.15, -0.1) is 5.10 Å². The Hall–Kier alpha value is -2.44. The molecule has 0 aliphatic heterocycles. The summed E-state index contributed by atoms with van der Waals surface area (Å²) >= 11 is 0. The maximum Gasteiger partial charge on any atom is 0.358 e. The molecule has 82 valence electrons. The van der Waals surface area contributed by atoms with Crippen molar-refractivity contribution in [2.75, 3.05) is 0 Å². The third kappa shape index (κ3) is 1.70. The number of aromatic hydroxyl groups is 1. The van der Waals surface area contributed by atoms with Crippen LogP contribution in [0.4, 0.5) is 0 Å². The first-order valence-electron chi connectivity index (χ1n) is 4.40. The molecule has 0 unspecified atom stereocenters. The lowest BCUT2D eigenvalue weighted by atomic mass is 10.3. The number of hydrogen-bond donors (Lipinski definition) is 2. The number of pyridine rings is 1. The molecule has 0 spiro atoms. The van der Waals surface area contributed by atoms with E-state index < -0.39 is 5.97 Å². The van der Waals surface area contributed by atoms with Gasteiger partial charge in [0.1, 0.15) is 0 Å². The molecule has 0 amide bonds. The van der Waals surface area contributed by atoms with Crippen LogP contribution in [0.2, 0.25) is 0 Å². The minimum Gasteiger partial charge on any atom is -0.493 e. The predicted octanol–water partition coefficient (Wildman–Crippen LogP) is 0.375. The van der Waals surface area contributed by atoms with Crippen LogP contribution < -0.4 is 0 Å². The number of aromatic carboxylic acids is 1. The SMILES string of the molecule is Cc1nc(O)ccc1-n1cc(C(=O)O)nn1. The predicted molar refractivity (Wildman–Crippen MR) is 52.5 cm³/mol. The highest BCUT2D eigenvalue weighted by Crippen LogP contribution is 2.14. The second kappa shape index (κ2) is 3.61. The van der Waals surface area contributed by atoms with Gasteiger partial charge >= 0.3 is 5.97 Å². The van der Waals surface area contributed by atoms with E-state index in [0.29, 0.717) is 11.4 Å². The van der Waals surface area contributed by atoms with Gasteiger partial charge in [-0.2, -0.15) is 0 Å². The van der Waals surface area contributed by atoms with Gasteiger partial charge < -0.3 is 10.2 Å². The zero-order valence-electron chi connectivity index (χ0n) is 8.32. The number of carbonyl (C=O) groups is 1. The Labute approximate surface area is 90.0 Å². The Bertz CT molecular complexity index is 549. The van der Waals surface area contributed by atoms with E-state index in [9.17, 15) is 4.79 Å². The molecule has 7 heteroatoms. The van der Waals surface area contributed by atoms with Gasteiger partial charge in [0.25, 0.3) is 0 Å². The number of carboxylic acid groups (broad SMARTS) is 1. The first-order valence-corrected chi connectivity index (χ1v) is 4.40. The Morgan fingerprint density at radius 3 is 2.75 bits per heavy atom. The van der Waals surface area contributed by atoms with E-state index in [2.05, 4.69) is 15.3 Å². The molecule has 0 atom stereocenters. The number of nitrogens with zero attached hydrogens (tertiary/aromatic N) is 4. The summed E-state index contributed by atoms with van der Waals surface area (Å²) in [5.74, 6) is -1.24. The molecule has 0 fully saturated rings. The molecular weight excluding hydrogens is 212 g/mol. The quantitative estimate of drug-likeness (QED) is 0.758. The monoisotopic (exact) mass is 220 g/mol. The topological polar surface area (TPSA) is 101 Å². The van der Waals surface area contributed by atoms with Crippen LogP contribution in [-0.2, 0) is 0 Å². The van der Waals surface area contributed by atoms with Crippen molar-refractivity contribution in [1.82, 2.24) is 20.0 Å². The lowest BCUT2D eigenvalue weighted by Crippen LogP contribution is -1.99. The molecule has 2 N–H and O–H groups in total. The Morgan fingerprint density at radius 1 is 1.44 bits per heavy atom. The molecule has 2 rings (SSSR count). The van der Waals surface area contributed by atoms with Crippen molar-refractivity contribution in [2.24, 2.45) is 0 Å². The first-order chi connectivity index (χ1) is 7.58. The molecule has 2 heterocycles. The molecule has 0 aliphatic carbocycles. The maximum absolute atomic E-state index is 10.6. The fourth-order valence-corrected chi connectivity index (χ4v) is 1.26. The zero-order chi connectivity index (χ0) is 11.7. The Balaban J connectivity index is 2.46. The summed E-state index contributed by atoms with van der Waals surface area (Å²) in [4.78, 5) is 14.4. The first kappa shape index (κ1) is 10.1. The number of aryl methyl sites for hydroxylation is 1. The highest BCUT2D eigenvalue weighted by atomic mass is 16.4. The van der Waals surface area contributed by atoms with Gasteiger partial charge in [-0.1, -0.05) is 5.21 Å². The molecule has 0 saturated heterocycles. The number of rotatable bonds is 2. The maximum atomic E-state index is 10.6. The van der Waals surface area contributed by atoms with Gasteiger partial charge in [-0.25, -0.2) is 14.5 Å². The summed E-state index contributed by atoms with van der Waals surface area (Å²) in [6.45, 7) is 1.68. The van der Waals surface area contributed by atoms with Crippen LogP contribution in [0.1, 0.15) is 16.2 Å². The van der Waals surface area contributed by atoms with Gasteiger partial charge in [-0.3, -0.25) is 0 Å². The highest BCUT2D eigenvalue weighted by molar-refractivity contribution is 5.84. The number of aromatic nitrogens is 4. The summed E-state index contributed by atoms with van der Waals surface area (Å²) in [5.41, 5.74) is 0.951. The Kier molecular flexibility index (Phi) is 2.28. The number of carboxylic acids is 1. The van der Waals surface area contributed by atoms with Gasteiger partial charge in [-0.05, 0) is 13.0 Å². The van der Waals surface area contributed by atoms with Crippen molar-refractivity contribution in [2.45, 2.75) is 6.92 Å². The van der Waals surface area contributed by atoms with Crippen molar-refractivity contribution >= 4 is 5.97 Å². The minimum atomic E-state index is -1.14. The third-order valence-electron chi connectivity index (χ3n) is 2.00. The normalized spacial score (nSPS) is 10.3. The van der Waals surface area contributed by atoms with Crippen molar-refractivity contribution in [3.05, 3.63) is 29.7 Å². The fraction of sp³-hybridized carbons (Fsp3) is 0.111. The van der Waals surface area contributed by atoms with Crippen LogP contribution in [0.15, 0.2) is 18.3 Å². The third-order valence-corrected chi connectivity index (χ3v) is 2.00. The molecule has 0 aromatic carbocycles. The molecule has 0 radical (unpaired) electrons. The average Bonchev–Trinajstić information content (AvgIpc) is 2.66. The standard InChI is InChI=1S/C9H8N4O3/c1-5-7(2-3-8(14)10-5)13-4-6(9(15)16)11-12-13/h2-4H,1H3,(H,10,14)(H,15,16). The van der Waals surface area contributed by atoms with E-state index in [1.807, 2.05) is 0 Å². The smallest absolute Gasteiger partial charge is 0.358 e. The summed E-state index contributed by atoms with van der Waals surface area (Å²) in [7, 11) is 0. The van der Waals surface area contributed by atoms with Crippen LogP contribution in [0.5, 0.6) is 5.88 Å². The Morgan fingerprint density at radius 2 is 2.19 bits per heavy atom. The average molecular weight is 220 g/mol. The van der Waals surface area contributed by atoms with E-state index >= 15 is 0 Å². The van der Waals surface area contributed by atoms with Crippen LogP contribution in [0.25, 0.3) is 5.69 Å². The minimum absolute atomic E-state index is 0.0974. The molecule has 2 aromatic heterocycles. The molecule has 2 aromatic rings. The fourth-order valence-electron chi connectivity index (χ4n) is 1.26. The van der Waals surface area contributed by atoms with Crippen molar-refractivity contribution in [3.8, 4) is 11.6 Å². The van der Waals surface area contributed by atoms with Crippen LogP contribution in [0.3, 0.4) is 0 Å². The summed E-state index contributed by atoms with van der Waals surface area (Å²) < 4.78 is 1.30. The lowest BCUT2D eigenvalue weighted by Gasteiger charge is -2.03. The van der Waals surface area contributed by atoms with Crippen molar-refractivity contribution in [1.29, 1.82) is 0 Å². The van der Waals surface area contributed by atoms with E-state index in [1.54, 1.807) is 13.0 Å². The van der Waals surface area contributed by atoms with Gasteiger partial charge in [0.2, 0.25) is 5.88 Å². The van der Waals surface area contributed by atoms with Crippen LogP contribution in [-0.4, -0.2) is 36.2 Å². The number of hydrogen-bond acceptors (Lipinski definition) is 5. The lowest BCUT2D eigenvalue weighted by molar-refractivity contribution is 0.0690. The van der Waals surface area contributed by atoms with Crippen molar-refractivity contribution in [3.63, 3.8) is 0 Å². The molecular formula is C9H8N4O3. The second-order valence-corrected chi connectivity index (χ2v) is 3.13. The molecule has 16 heavy (non-hydrogen) atoms. The van der Waals surface area contributed by atoms with E-state index in [-0.39, 0.29) is 11.6 Å². The van der Waals surface area contributed by atoms with Gasteiger partial charge in [0.05, 0.1) is 17.6 Å². The molecule has 0 saturated carbocycles. The molecule has 0 bridgehead atoms. The van der Waals surface area contributed by atoms with Crippen LogP contribution >= 0.6 is 0 Å². The van der Waals surface area contributed by atoms with E-state index in [4.69, 9.17) is 10.2 Å².